The average molecular weight is 226 g/mol. The molecular formula is C12H22N2O2. The molecule has 92 valence electrons. The van der Waals surface area contributed by atoms with Crippen molar-refractivity contribution in [3.63, 3.8) is 0 Å². The van der Waals surface area contributed by atoms with Crippen molar-refractivity contribution >= 4 is 5.91 Å². The van der Waals surface area contributed by atoms with Crippen LogP contribution in [0.15, 0.2) is 0 Å². The van der Waals surface area contributed by atoms with Crippen LogP contribution in [0.1, 0.15) is 32.1 Å². The minimum Gasteiger partial charge on any atom is -0.378 e. The summed E-state index contributed by atoms with van der Waals surface area (Å²) < 4.78 is 5.35. The van der Waals surface area contributed by atoms with Gasteiger partial charge in [-0.2, -0.15) is 0 Å². The lowest BCUT2D eigenvalue weighted by Crippen LogP contribution is -2.45. The van der Waals surface area contributed by atoms with E-state index in [1.807, 2.05) is 11.9 Å². The molecule has 0 spiro atoms. The SMILES string of the molecule is CN(C(=O)CC1COCCN1)C1CCCC1. The number of nitrogens with one attached hydrogen (secondary N) is 1. The predicted molar refractivity (Wildman–Crippen MR) is 62.3 cm³/mol. The number of rotatable bonds is 3. The number of ether oxygens (including phenoxy) is 1. The molecular weight excluding hydrogens is 204 g/mol. The summed E-state index contributed by atoms with van der Waals surface area (Å²) in [7, 11) is 1.95. The lowest BCUT2D eigenvalue weighted by atomic mass is 10.1. The Bertz CT molecular complexity index is 233. The molecule has 0 aromatic rings. The molecule has 1 aliphatic carbocycles. The zero-order chi connectivity index (χ0) is 11.4. The number of amides is 1. The van der Waals surface area contributed by atoms with E-state index in [9.17, 15) is 4.79 Å². The molecule has 16 heavy (non-hydrogen) atoms. The Hall–Kier alpha value is -0.610. The smallest absolute Gasteiger partial charge is 0.224 e. The molecule has 1 heterocycles. The van der Waals surface area contributed by atoms with E-state index in [1.165, 1.54) is 25.7 Å². The molecule has 1 saturated carbocycles. The molecule has 1 aliphatic heterocycles. The summed E-state index contributed by atoms with van der Waals surface area (Å²) in [5.41, 5.74) is 0. The summed E-state index contributed by atoms with van der Waals surface area (Å²) in [6.45, 7) is 2.30. The highest BCUT2D eigenvalue weighted by molar-refractivity contribution is 5.77. The third-order valence-corrected chi connectivity index (χ3v) is 3.69. The summed E-state index contributed by atoms with van der Waals surface area (Å²) in [6, 6.07) is 0.696. The zero-order valence-corrected chi connectivity index (χ0v) is 10.1. The first-order valence-corrected chi connectivity index (χ1v) is 6.34. The topological polar surface area (TPSA) is 41.6 Å². The van der Waals surface area contributed by atoms with Gasteiger partial charge in [0.15, 0.2) is 0 Å². The van der Waals surface area contributed by atoms with Crippen molar-refractivity contribution in [1.82, 2.24) is 10.2 Å². The molecule has 2 aliphatic rings. The van der Waals surface area contributed by atoms with Crippen LogP contribution in [0.25, 0.3) is 0 Å². The molecule has 1 atom stereocenters. The maximum atomic E-state index is 12.0. The highest BCUT2D eigenvalue weighted by Gasteiger charge is 2.25. The van der Waals surface area contributed by atoms with E-state index in [2.05, 4.69) is 5.32 Å². The maximum absolute atomic E-state index is 12.0. The molecule has 0 radical (unpaired) electrons. The van der Waals surface area contributed by atoms with Crippen molar-refractivity contribution < 1.29 is 9.53 Å². The Kier molecular flexibility index (Phi) is 4.18. The summed E-state index contributed by atoms with van der Waals surface area (Å²) in [5, 5.41) is 3.32. The molecule has 4 nitrogen and oxygen atoms in total. The summed E-state index contributed by atoms with van der Waals surface area (Å²) in [6.07, 6.45) is 5.47. The van der Waals surface area contributed by atoms with Gasteiger partial charge in [-0.1, -0.05) is 12.8 Å². The largest absolute Gasteiger partial charge is 0.378 e. The number of morpholine rings is 1. The standard InChI is InChI=1S/C12H22N2O2/c1-14(11-4-2-3-5-11)12(15)8-10-9-16-7-6-13-10/h10-11,13H,2-9H2,1H3. The Labute approximate surface area is 97.3 Å². The number of hydrogen-bond acceptors (Lipinski definition) is 3. The fourth-order valence-electron chi connectivity index (χ4n) is 2.60. The zero-order valence-electron chi connectivity index (χ0n) is 10.1. The van der Waals surface area contributed by atoms with Crippen LogP contribution in [0.2, 0.25) is 0 Å². The van der Waals surface area contributed by atoms with Gasteiger partial charge in [0.1, 0.15) is 0 Å². The molecule has 1 N–H and O–H groups in total. The van der Waals surface area contributed by atoms with Crippen molar-refractivity contribution in [1.29, 1.82) is 0 Å². The van der Waals surface area contributed by atoms with Gasteiger partial charge in [-0.15, -0.1) is 0 Å². The summed E-state index contributed by atoms with van der Waals surface area (Å²) in [5.74, 6) is 0.259. The molecule has 1 amide bonds. The number of nitrogens with zero attached hydrogens (tertiary/aromatic N) is 1. The van der Waals surface area contributed by atoms with Gasteiger partial charge in [-0.3, -0.25) is 4.79 Å². The quantitative estimate of drug-likeness (QED) is 0.772. The van der Waals surface area contributed by atoms with Crippen LogP contribution < -0.4 is 5.32 Å². The van der Waals surface area contributed by atoms with Crippen molar-refractivity contribution in [2.75, 3.05) is 26.8 Å². The predicted octanol–water partition coefficient (Wildman–Crippen LogP) is 0.766. The van der Waals surface area contributed by atoms with Crippen LogP contribution in [-0.4, -0.2) is 49.7 Å². The minimum absolute atomic E-state index is 0.213. The van der Waals surface area contributed by atoms with E-state index in [0.29, 0.717) is 19.1 Å². The monoisotopic (exact) mass is 226 g/mol. The highest BCUT2D eigenvalue weighted by atomic mass is 16.5. The summed E-state index contributed by atoms with van der Waals surface area (Å²) in [4.78, 5) is 14.0. The van der Waals surface area contributed by atoms with Crippen LogP contribution in [0.3, 0.4) is 0 Å². The molecule has 2 rings (SSSR count). The van der Waals surface area contributed by atoms with Crippen LogP contribution in [0, 0.1) is 0 Å². The maximum Gasteiger partial charge on any atom is 0.224 e. The lowest BCUT2D eigenvalue weighted by Gasteiger charge is -2.28. The van der Waals surface area contributed by atoms with E-state index in [4.69, 9.17) is 4.74 Å². The Morgan fingerprint density at radius 3 is 2.81 bits per heavy atom. The lowest BCUT2D eigenvalue weighted by molar-refractivity contribution is -0.133. The molecule has 1 unspecified atom stereocenters. The summed E-state index contributed by atoms with van der Waals surface area (Å²) >= 11 is 0. The fraction of sp³-hybridized carbons (Fsp3) is 0.917. The van der Waals surface area contributed by atoms with Crippen LogP contribution in [0.5, 0.6) is 0 Å². The third-order valence-electron chi connectivity index (χ3n) is 3.69. The van der Waals surface area contributed by atoms with Gasteiger partial charge >= 0.3 is 0 Å². The van der Waals surface area contributed by atoms with Gasteiger partial charge in [0.2, 0.25) is 5.91 Å². The van der Waals surface area contributed by atoms with Gasteiger partial charge < -0.3 is 15.0 Å². The van der Waals surface area contributed by atoms with Crippen molar-refractivity contribution in [3.8, 4) is 0 Å². The van der Waals surface area contributed by atoms with Crippen LogP contribution in [0.4, 0.5) is 0 Å². The molecule has 4 heteroatoms. The second kappa shape index (κ2) is 5.64. The molecule has 1 saturated heterocycles. The van der Waals surface area contributed by atoms with Gasteiger partial charge in [-0.25, -0.2) is 0 Å². The van der Waals surface area contributed by atoms with Crippen molar-refractivity contribution in [3.05, 3.63) is 0 Å². The normalized spacial score (nSPS) is 26.9. The Morgan fingerprint density at radius 1 is 1.44 bits per heavy atom. The minimum atomic E-state index is 0.213. The second-order valence-electron chi connectivity index (χ2n) is 4.87. The van der Waals surface area contributed by atoms with Gasteiger partial charge in [0.05, 0.1) is 13.2 Å². The Balaban J connectivity index is 1.77. The third kappa shape index (κ3) is 2.95. The first-order chi connectivity index (χ1) is 7.77. The molecule has 2 fully saturated rings. The van der Waals surface area contributed by atoms with Crippen LogP contribution in [-0.2, 0) is 9.53 Å². The van der Waals surface area contributed by atoms with Gasteiger partial charge in [-0.05, 0) is 12.8 Å². The average Bonchev–Trinajstić information content (AvgIpc) is 2.83. The van der Waals surface area contributed by atoms with Crippen LogP contribution >= 0.6 is 0 Å². The van der Waals surface area contributed by atoms with E-state index < -0.39 is 0 Å². The second-order valence-corrected chi connectivity index (χ2v) is 4.87. The molecule has 0 aromatic carbocycles. The van der Waals surface area contributed by atoms with Gasteiger partial charge in [0, 0.05) is 32.1 Å². The fourth-order valence-corrected chi connectivity index (χ4v) is 2.60. The molecule has 0 aromatic heterocycles. The first kappa shape index (κ1) is 11.9. The van der Waals surface area contributed by atoms with Crippen molar-refractivity contribution in [2.45, 2.75) is 44.2 Å². The highest BCUT2D eigenvalue weighted by Crippen LogP contribution is 2.23. The number of carbonyl (C=O) groups is 1. The van der Waals surface area contributed by atoms with E-state index in [1.54, 1.807) is 0 Å². The number of carbonyl (C=O) groups excluding carboxylic acids is 1. The first-order valence-electron chi connectivity index (χ1n) is 6.34. The number of hydrogen-bond donors (Lipinski definition) is 1. The van der Waals surface area contributed by atoms with Crippen molar-refractivity contribution in [2.24, 2.45) is 0 Å². The van der Waals surface area contributed by atoms with Gasteiger partial charge in [0.25, 0.3) is 0 Å². The van der Waals surface area contributed by atoms with E-state index >= 15 is 0 Å². The Morgan fingerprint density at radius 2 is 2.19 bits per heavy atom. The van der Waals surface area contributed by atoms with E-state index in [-0.39, 0.29) is 11.9 Å². The van der Waals surface area contributed by atoms with E-state index in [0.717, 1.165) is 13.2 Å². The molecule has 0 bridgehead atoms.